The van der Waals surface area contributed by atoms with Crippen LogP contribution in [0.2, 0.25) is 0 Å². The Kier molecular flexibility index (Phi) is 7.04. The molecule has 0 aromatic heterocycles. The molecule has 1 amide bonds. The van der Waals surface area contributed by atoms with Crippen LogP contribution in [-0.4, -0.2) is 40.5 Å². The largest absolute Gasteiger partial charge is 0.449 e. The number of ether oxygens (including phenoxy) is 1. The second-order valence-corrected chi connectivity index (χ2v) is 8.14. The van der Waals surface area contributed by atoms with Crippen LogP contribution in [0.1, 0.15) is 35.1 Å². The van der Waals surface area contributed by atoms with E-state index in [2.05, 4.69) is 5.32 Å². The van der Waals surface area contributed by atoms with Crippen LogP contribution >= 0.6 is 0 Å². The molecule has 2 unspecified atom stereocenters. The van der Waals surface area contributed by atoms with Crippen molar-refractivity contribution in [3.63, 3.8) is 0 Å². The van der Waals surface area contributed by atoms with Gasteiger partial charge in [0.25, 0.3) is 0 Å². The van der Waals surface area contributed by atoms with Crippen LogP contribution in [0.25, 0.3) is 11.1 Å². The van der Waals surface area contributed by atoms with Crippen molar-refractivity contribution in [1.29, 1.82) is 0 Å². The fourth-order valence-electron chi connectivity index (χ4n) is 4.34. The zero-order valence-electron chi connectivity index (χ0n) is 18.4. The molecule has 182 valence electrons. The van der Waals surface area contributed by atoms with Gasteiger partial charge >= 0.3 is 11.8 Å². The maximum atomic E-state index is 13.8. The number of amides is 1. The van der Waals surface area contributed by atoms with E-state index in [0.29, 0.717) is 12.1 Å². The number of benzene rings is 3. The summed E-state index contributed by atoms with van der Waals surface area (Å²) >= 11 is 0. The van der Waals surface area contributed by atoms with Gasteiger partial charge in [-0.1, -0.05) is 48.5 Å². The summed E-state index contributed by atoms with van der Waals surface area (Å²) in [6.07, 6.45) is -4.58. The van der Waals surface area contributed by atoms with Gasteiger partial charge in [-0.3, -0.25) is 10.1 Å². The van der Waals surface area contributed by atoms with Crippen LogP contribution in [0.4, 0.5) is 19.3 Å². The highest BCUT2D eigenvalue weighted by molar-refractivity contribution is 5.79. The standard InChI is InChI=1S/C25H22F2N2O6/c26-14-11-19(23(29(33)34)21(27)12-14)24(31)22(30)9-10-28-25(32)35-13-20-17-7-3-1-5-15(17)16-6-2-4-8-18(16)20/h1-8,11-12,20,22,24,30-31H,9-10,13H2,(H,28,32). The second kappa shape index (κ2) is 10.2. The normalized spacial score (nSPS) is 14.1. The Morgan fingerprint density at radius 3 is 2.26 bits per heavy atom. The molecule has 0 saturated heterocycles. The zero-order valence-corrected chi connectivity index (χ0v) is 18.4. The zero-order chi connectivity index (χ0) is 25.1. The van der Waals surface area contributed by atoms with Gasteiger partial charge in [-0.25, -0.2) is 9.18 Å². The molecule has 3 N–H and O–H groups in total. The summed E-state index contributed by atoms with van der Waals surface area (Å²) in [6.45, 7) is -0.0691. The average Bonchev–Trinajstić information content (AvgIpc) is 3.15. The lowest BCUT2D eigenvalue weighted by Crippen LogP contribution is -2.31. The lowest BCUT2D eigenvalue weighted by Gasteiger charge is -2.19. The van der Waals surface area contributed by atoms with E-state index < -0.39 is 46.1 Å². The quantitative estimate of drug-likeness (QED) is 0.326. The Hall–Kier alpha value is -3.89. The maximum absolute atomic E-state index is 13.8. The van der Waals surface area contributed by atoms with Crippen LogP contribution in [-0.2, 0) is 4.74 Å². The smallest absolute Gasteiger partial charge is 0.407 e. The van der Waals surface area contributed by atoms with Crippen LogP contribution in [0, 0.1) is 21.7 Å². The number of rotatable bonds is 8. The molecule has 8 nitrogen and oxygen atoms in total. The number of carbonyl (C=O) groups is 1. The van der Waals surface area contributed by atoms with Gasteiger partial charge in [0.2, 0.25) is 5.82 Å². The van der Waals surface area contributed by atoms with Crippen molar-refractivity contribution in [3.8, 4) is 11.1 Å². The summed E-state index contributed by atoms with van der Waals surface area (Å²) in [5.41, 5.74) is 2.44. The van der Waals surface area contributed by atoms with Gasteiger partial charge in [-0.2, -0.15) is 4.39 Å². The minimum atomic E-state index is -1.94. The molecule has 1 aliphatic carbocycles. The van der Waals surface area contributed by atoms with Crippen LogP contribution in [0.15, 0.2) is 60.7 Å². The van der Waals surface area contributed by atoms with Crippen molar-refractivity contribution in [1.82, 2.24) is 5.32 Å². The average molecular weight is 484 g/mol. The molecule has 0 bridgehead atoms. The Balaban J connectivity index is 1.32. The number of nitro benzene ring substituents is 1. The second-order valence-electron chi connectivity index (χ2n) is 8.14. The number of aliphatic hydroxyl groups excluding tert-OH is 2. The predicted octanol–water partition coefficient (Wildman–Crippen LogP) is 4.20. The molecule has 4 rings (SSSR count). The minimum Gasteiger partial charge on any atom is -0.449 e. The summed E-state index contributed by atoms with van der Waals surface area (Å²) in [4.78, 5) is 22.2. The van der Waals surface area contributed by atoms with Gasteiger partial charge in [0.05, 0.1) is 16.6 Å². The number of hydrogen-bond acceptors (Lipinski definition) is 6. The maximum Gasteiger partial charge on any atom is 0.407 e. The molecule has 0 spiro atoms. The molecule has 35 heavy (non-hydrogen) atoms. The van der Waals surface area contributed by atoms with Crippen LogP contribution < -0.4 is 5.32 Å². The lowest BCUT2D eigenvalue weighted by molar-refractivity contribution is -0.389. The third kappa shape index (κ3) is 4.98. The van der Waals surface area contributed by atoms with Gasteiger partial charge in [0.1, 0.15) is 18.5 Å². The van der Waals surface area contributed by atoms with Crippen molar-refractivity contribution in [2.24, 2.45) is 0 Å². The van der Waals surface area contributed by atoms with E-state index in [9.17, 15) is 33.9 Å². The van der Waals surface area contributed by atoms with Crippen LogP contribution in [0.3, 0.4) is 0 Å². The van der Waals surface area contributed by atoms with E-state index in [1.807, 2.05) is 48.5 Å². The first kappa shape index (κ1) is 24.2. The summed E-state index contributed by atoms with van der Waals surface area (Å²) < 4.78 is 32.7. The Morgan fingerprint density at radius 2 is 1.66 bits per heavy atom. The minimum absolute atomic E-state index is 0.0831. The molecule has 10 heteroatoms. The van der Waals surface area contributed by atoms with Crippen molar-refractivity contribution in [2.45, 2.75) is 24.5 Å². The molecule has 0 saturated carbocycles. The SMILES string of the molecule is O=C(NCCC(O)C(O)c1cc(F)cc(F)c1[N+](=O)[O-])OCC1c2ccccc2-c2ccccc21. The number of nitrogens with one attached hydrogen (secondary N) is 1. The number of carbonyl (C=O) groups excluding carboxylic acids is 1. The summed E-state index contributed by atoms with van der Waals surface area (Å²) in [6, 6.07) is 16.6. The van der Waals surface area contributed by atoms with Crippen molar-refractivity contribution in [3.05, 3.63) is 99.1 Å². The molecule has 0 radical (unpaired) electrons. The number of nitro groups is 1. The van der Waals surface area contributed by atoms with Crippen molar-refractivity contribution >= 4 is 11.8 Å². The van der Waals surface area contributed by atoms with Gasteiger partial charge in [0, 0.05) is 18.5 Å². The molecule has 0 aliphatic heterocycles. The molecular weight excluding hydrogens is 462 g/mol. The molecule has 3 aromatic carbocycles. The fourth-order valence-corrected chi connectivity index (χ4v) is 4.34. The van der Waals surface area contributed by atoms with E-state index >= 15 is 0 Å². The molecule has 0 fully saturated rings. The Morgan fingerprint density at radius 1 is 1.06 bits per heavy atom. The van der Waals surface area contributed by atoms with Gasteiger partial charge < -0.3 is 20.3 Å². The number of hydrogen-bond donors (Lipinski definition) is 3. The third-order valence-electron chi connectivity index (χ3n) is 5.98. The van der Waals surface area contributed by atoms with E-state index in [1.165, 1.54) is 0 Å². The molecule has 0 heterocycles. The summed E-state index contributed by atoms with van der Waals surface area (Å²) in [5.74, 6) is -2.73. The Bertz CT molecular complexity index is 1220. The predicted molar refractivity (Wildman–Crippen MR) is 122 cm³/mol. The van der Waals surface area contributed by atoms with Crippen molar-refractivity contribution < 1.29 is 33.4 Å². The van der Waals surface area contributed by atoms with E-state index in [0.717, 1.165) is 22.3 Å². The number of fused-ring (bicyclic) bond motifs is 3. The van der Waals surface area contributed by atoms with Gasteiger partial charge in [-0.15, -0.1) is 0 Å². The molecule has 1 aliphatic rings. The topological polar surface area (TPSA) is 122 Å². The number of halogens is 2. The van der Waals surface area contributed by atoms with Gasteiger partial charge in [-0.05, 0) is 34.7 Å². The summed E-state index contributed by atoms with van der Waals surface area (Å²) in [5, 5.41) is 34.0. The molecular formula is C25H22F2N2O6. The van der Waals surface area contributed by atoms with E-state index in [4.69, 9.17) is 4.74 Å². The van der Waals surface area contributed by atoms with Gasteiger partial charge in [0.15, 0.2) is 0 Å². The Labute approximate surface area is 198 Å². The first-order valence-electron chi connectivity index (χ1n) is 10.9. The highest BCUT2D eigenvalue weighted by Gasteiger charge is 2.31. The third-order valence-corrected chi connectivity index (χ3v) is 5.98. The van der Waals surface area contributed by atoms with Crippen LogP contribution in [0.5, 0.6) is 0 Å². The number of nitrogens with zero attached hydrogens (tertiary/aromatic N) is 1. The number of alkyl carbamates (subject to hydrolysis) is 1. The highest BCUT2D eigenvalue weighted by Crippen LogP contribution is 2.44. The monoisotopic (exact) mass is 484 g/mol. The van der Waals surface area contributed by atoms with E-state index in [1.54, 1.807) is 0 Å². The lowest BCUT2D eigenvalue weighted by atomic mass is 9.98. The molecule has 3 aromatic rings. The van der Waals surface area contributed by atoms with Crippen molar-refractivity contribution in [2.75, 3.05) is 13.2 Å². The molecule has 2 atom stereocenters. The fraction of sp³-hybridized carbons (Fsp3) is 0.240. The summed E-state index contributed by atoms with van der Waals surface area (Å²) in [7, 11) is 0. The van der Waals surface area contributed by atoms with E-state index in [-0.39, 0.29) is 25.5 Å². The highest BCUT2D eigenvalue weighted by atomic mass is 19.1. The first-order chi connectivity index (χ1) is 16.8. The first-order valence-corrected chi connectivity index (χ1v) is 10.9. The number of aliphatic hydroxyl groups is 2.